The van der Waals surface area contributed by atoms with Crippen LogP contribution in [0.1, 0.15) is 18.1 Å². The van der Waals surface area contributed by atoms with E-state index in [2.05, 4.69) is 17.6 Å². The Morgan fingerprint density at radius 1 is 1.17 bits per heavy atom. The average Bonchev–Trinajstić information content (AvgIpc) is 2.91. The Hall–Kier alpha value is -2.66. The zero-order valence-corrected chi connectivity index (χ0v) is 14.3. The van der Waals surface area contributed by atoms with Gasteiger partial charge in [0.25, 0.3) is 0 Å². The van der Waals surface area contributed by atoms with Crippen LogP contribution in [0.25, 0.3) is 23.0 Å². The molecule has 3 rings (SSSR count). The van der Waals surface area contributed by atoms with Crippen LogP contribution in [0.2, 0.25) is 0 Å². The topological polar surface area (TPSA) is 58.3 Å². The summed E-state index contributed by atoms with van der Waals surface area (Å²) in [4.78, 5) is 4.29. The van der Waals surface area contributed by atoms with Gasteiger partial charge in [-0.1, -0.05) is 24.3 Å². The first-order valence-corrected chi connectivity index (χ1v) is 7.99. The molecule has 4 nitrogen and oxygen atoms in total. The third-order valence-corrected chi connectivity index (χ3v) is 4.19. The van der Waals surface area contributed by atoms with Crippen molar-refractivity contribution in [3.63, 3.8) is 0 Å². The normalized spacial score (nSPS) is 11.3. The number of benzene rings is 2. The molecule has 0 bridgehead atoms. The molecular weight excluding hydrogens is 320 g/mol. The van der Waals surface area contributed by atoms with E-state index < -0.39 is 0 Å². The number of aromatic nitrogens is 2. The minimum Gasteiger partial charge on any atom is -0.508 e. The minimum atomic E-state index is -0.00952. The van der Waals surface area contributed by atoms with Gasteiger partial charge >= 0.3 is 0 Å². The monoisotopic (exact) mass is 338 g/mol. The first kappa shape index (κ1) is 16.2. The molecule has 24 heavy (non-hydrogen) atoms. The number of thiol groups is 1. The lowest BCUT2D eigenvalue weighted by atomic mass is 10.0. The Balaban J connectivity index is 2.28. The molecule has 2 N–H and O–H groups in total. The zero-order valence-electron chi connectivity index (χ0n) is 13.4. The summed E-state index contributed by atoms with van der Waals surface area (Å²) in [6.07, 6.45) is 5.69. The van der Waals surface area contributed by atoms with E-state index in [1.807, 2.05) is 48.8 Å². The van der Waals surface area contributed by atoms with E-state index in [1.165, 1.54) is 12.1 Å². The lowest BCUT2D eigenvalue weighted by Gasteiger charge is -2.15. The number of rotatable bonds is 3. The van der Waals surface area contributed by atoms with Gasteiger partial charge in [-0.3, -0.25) is 4.57 Å². The van der Waals surface area contributed by atoms with Gasteiger partial charge in [0.2, 0.25) is 0 Å². The molecule has 0 atom stereocenters. The van der Waals surface area contributed by atoms with Crippen LogP contribution in [0, 0.1) is 6.92 Å². The number of hydrogen-bond acceptors (Lipinski definition) is 4. The van der Waals surface area contributed by atoms with Gasteiger partial charge in [-0.15, -0.1) is 12.6 Å². The largest absolute Gasteiger partial charge is 0.508 e. The summed E-state index contributed by atoms with van der Waals surface area (Å²) in [7, 11) is 0. The summed E-state index contributed by atoms with van der Waals surface area (Å²) in [5.74, 6) is 0.00305. The first-order chi connectivity index (χ1) is 11.5. The molecule has 0 aliphatic heterocycles. The number of imidazole rings is 1. The third kappa shape index (κ3) is 2.78. The summed E-state index contributed by atoms with van der Waals surface area (Å²) in [5, 5.41) is 20.3. The van der Waals surface area contributed by atoms with Gasteiger partial charge in [0.05, 0.1) is 17.6 Å². The summed E-state index contributed by atoms with van der Waals surface area (Å²) in [6.45, 7) is 4.02. The third-order valence-electron chi connectivity index (χ3n) is 3.88. The van der Waals surface area contributed by atoms with Crippen molar-refractivity contribution < 1.29 is 10.2 Å². The average molecular weight is 338 g/mol. The molecule has 0 amide bonds. The van der Waals surface area contributed by atoms with Crippen LogP contribution in [-0.2, 0) is 0 Å². The highest BCUT2D eigenvalue weighted by Crippen LogP contribution is 2.36. The lowest BCUT2D eigenvalue weighted by Crippen LogP contribution is -2.01. The summed E-state index contributed by atoms with van der Waals surface area (Å²) >= 11 is 4.48. The molecule has 0 radical (unpaired) electrons. The Bertz CT molecular complexity index is 929. The van der Waals surface area contributed by atoms with Crippen molar-refractivity contribution in [2.24, 2.45) is 0 Å². The predicted octanol–water partition coefficient (Wildman–Crippen LogP) is 4.58. The molecule has 3 aromatic rings. The van der Waals surface area contributed by atoms with E-state index in [9.17, 15) is 10.2 Å². The fraction of sp³-hybridized carbons (Fsp3) is 0.105. The lowest BCUT2D eigenvalue weighted by molar-refractivity contribution is 0.451. The second-order valence-electron chi connectivity index (χ2n) is 5.49. The Morgan fingerprint density at radius 3 is 2.67 bits per heavy atom. The van der Waals surface area contributed by atoms with Crippen LogP contribution in [0.15, 0.2) is 53.8 Å². The van der Waals surface area contributed by atoms with E-state index in [1.54, 1.807) is 12.3 Å². The van der Waals surface area contributed by atoms with E-state index in [0.717, 1.165) is 16.8 Å². The van der Waals surface area contributed by atoms with E-state index in [-0.39, 0.29) is 11.5 Å². The number of allylic oxidation sites excluding steroid dienone is 1. The van der Waals surface area contributed by atoms with E-state index >= 15 is 0 Å². The smallest absolute Gasteiger partial charge is 0.169 e. The van der Waals surface area contributed by atoms with Crippen molar-refractivity contribution >= 4 is 18.7 Å². The molecule has 0 fully saturated rings. The van der Waals surface area contributed by atoms with Gasteiger partial charge in [-0.25, -0.2) is 4.98 Å². The van der Waals surface area contributed by atoms with Gasteiger partial charge < -0.3 is 10.2 Å². The van der Waals surface area contributed by atoms with Crippen LogP contribution in [0.3, 0.4) is 0 Å². The van der Waals surface area contributed by atoms with Crippen LogP contribution >= 0.6 is 12.6 Å². The van der Waals surface area contributed by atoms with Gasteiger partial charge in [-0.05, 0) is 37.6 Å². The molecule has 0 saturated carbocycles. The minimum absolute atomic E-state index is 0.00952. The highest BCUT2D eigenvalue weighted by molar-refractivity contribution is 7.80. The molecule has 1 heterocycles. The molecule has 0 saturated heterocycles. The maximum absolute atomic E-state index is 10.2. The van der Waals surface area contributed by atoms with E-state index in [0.29, 0.717) is 16.4 Å². The van der Waals surface area contributed by atoms with Crippen LogP contribution in [0.5, 0.6) is 11.5 Å². The van der Waals surface area contributed by atoms with Gasteiger partial charge in [0, 0.05) is 17.2 Å². The summed E-state index contributed by atoms with van der Waals surface area (Å²) in [5.41, 5.74) is 4.40. The first-order valence-electron chi connectivity index (χ1n) is 7.54. The van der Waals surface area contributed by atoms with Crippen LogP contribution in [-0.4, -0.2) is 19.8 Å². The molecule has 0 aliphatic carbocycles. The number of nitrogens with zero attached hydrogens (tertiary/aromatic N) is 2. The Morgan fingerprint density at radius 2 is 1.96 bits per heavy atom. The highest BCUT2D eigenvalue weighted by Gasteiger charge is 2.17. The van der Waals surface area contributed by atoms with Crippen molar-refractivity contribution in [3.05, 3.63) is 59.8 Å². The molecule has 122 valence electrons. The van der Waals surface area contributed by atoms with Gasteiger partial charge in [-0.2, -0.15) is 0 Å². The Labute approximate surface area is 146 Å². The number of aromatic hydroxyl groups is 2. The standard InChI is InChI=1S/C19H18N2O2S/c1-3-5-14-12(2)6-4-7-16(14)21-17(11-20-19(21)24)15-9-8-13(22)10-18(15)23/h3-11,22-23H,1-2H3,(H,20,24)/b5-3-. The molecule has 5 heteroatoms. The Kier molecular flexibility index (Phi) is 4.36. The SMILES string of the molecule is C/C=C\c1c(C)cccc1-n1c(-c2ccc(O)cc2O)cnc1S. The number of hydrogen-bond donors (Lipinski definition) is 3. The van der Waals surface area contributed by atoms with E-state index in [4.69, 9.17) is 0 Å². The van der Waals surface area contributed by atoms with Crippen molar-refractivity contribution in [2.45, 2.75) is 19.0 Å². The highest BCUT2D eigenvalue weighted by atomic mass is 32.1. The fourth-order valence-corrected chi connectivity index (χ4v) is 3.02. The van der Waals surface area contributed by atoms with Crippen molar-refractivity contribution in [1.29, 1.82) is 0 Å². The maximum Gasteiger partial charge on any atom is 0.169 e. The molecule has 0 aliphatic rings. The van der Waals surface area contributed by atoms with Crippen LogP contribution < -0.4 is 0 Å². The van der Waals surface area contributed by atoms with Gasteiger partial charge in [0.15, 0.2) is 5.16 Å². The molecule has 0 spiro atoms. The number of phenolic OH excluding ortho intramolecular Hbond substituents is 2. The van der Waals surface area contributed by atoms with Crippen LogP contribution in [0.4, 0.5) is 0 Å². The second kappa shape index (κ2) is 6.45. The number of aryl methyl sites for hydroxylation is 1. The molecule has 0 unspecified atom stereocenters. The molecule has 1 aromatic heterocycles. The molecular formula is C19H18N2O2S. The fourth-order valence-electron chi connectivity index (χ4n) is 2.75. The van der Waals surface area contributed by atoms with Crippen molar-refractivity contribution in [3.8, 4) is 28.4 Å². The van der Waals surface area contributed by atoms with Gasteiger partial charge in [0.1, 0.15) is 11.5 Å². The van der Waals surface area contributed by atoms with Crippen molar-refractivity contribution in [1.82, 2.24) is 9.55 Å². The van der Waals surface area contributed by atoms with Crippen molar-refractivity contribution in [2.75, 3.05) is 0 Å². The zero-order chi connectivity index (χ0) is 17.3. The number of phenols is 2. The quantitative estimate of drug-likeness (QED) is 0.613. The maximum atomic E-state index is 10.2. The molecule has 2 aromatic carbocycles. The summed E-state index contributed by atoms with van der Waals surface area (Å²) < 4.78 is 1.89. The summed E-state index contributed by atoms with van der Waals surface area (Å²) in [6, 6.07) is 10.5. The predicted molar refractivity (Wildman–Crippen MR) is 99.0 cm³/mol. The second-order valence-corrected chi connectivity index (χ2v) is 5.89.